The summed E-state index contributed by atoms with van der Waals surface area (Å²) in [6.07, 6.45) is 3.14. The zero-order valence-corrected chi connectivity index (χ0v) is 5.01. The topological polar surface area (TPSA) is 46.2 Å². The lowest BCUT2D eigenvalue weighted by Crippen LogP contribution is -2.21. The van der Waals surface area contributed by atoms with Crippen molar-refractivity contribution in [3.8, 4) is 0 Å². The Kier molecular flexibility index (Phi) is 1.86. The quantitative estimate of drug-likeness (QED) is 0.509. The van der Waals surface area contributed by atoms with Crippen molar-refractivity contribution in [2.45, 2.75) is 25.4 Å². The van der Waals surface area contributed by atoms with Crippen LogP contribution in [0, 0.1) is 5.92 Å². The number of hydrogen-bond donors (Lipinski definition) is 2. The summed E-state index contributed by atoms with van der Waals surface area (Å²) < 4.78 is 0. The molecule has 1 aliphatic rings. The highest BCUT2D eigenvalue weighted by Gasteiger charge is 2.22. The normalized spacial score (nSPS) is 38.2. The average molecular weight is 115 g/mol. The number of hydrogen-bond acceptors (Lipinski definition) is 2. The second-order valence-corrected chi connectivity index (χ2v) is 2.49. The highest BCUT2D eigenvalue weighted by molar-refractivity contribution is 4.76. The maximum atomic E-state index is 9.11. The molecular formula is C6H13NO. The van der Waals surface area contributed by atoms with Crippen LogP contribution in [0.4, 0.5) is 0 Å². The standard InChI is InChI=1S/C6H13NO/c7-4-5-2-1-3-6(5)8/h5-6,8H,1-4,7H2/t5-,6?/m0/s1. The lowest BCUT2D eigenvalue weighted by atomic mass is 10.1. The van der Waals surface area contributed by atoms with Gasteiger partial charge in [0.1, 0.15) is 0 Å². The van der Waals surface area contributed by atoms with Gasteiger partial charge in [-0.15, -0.1) is 0 Å². The Morgan fingerprint density at radius 3 is 2.50 bits per heavy atom. The summed E-state index contributed by atoms with van der Waals surface area (Å²) in [4.78, 5) is 0. The molecule has 48 valence electrons. The molecule has 0 heterocycles. The Balaban J connectivity index is 2.30. The van der Waals surface area contributed by atoms with Crippen molar-refractivity contribution >= 4 is 0 Å². The summed E-state index contributed by atoms with van der Waals surface area (Å²) in [5, 5.41) is 9.11. The van der Waals surface area contributed by atoms with E-state index in [1.807, 2.05) is 0 Å². The molecule has 1 saturated carbocycles. The van der Waals surface area contributed by atoms with E-state index in [0.29, 0.717) is 12.5 Å². The van der Waals surface area contributed by atoms with Gasteiger partial charge in [0.05, 0.1) is 6.10 Å². The second-order valence-electron chi connectivity index (χ2n) is 2.49. The summed E-state index contributed by atoms with van der Waals surface area (Å²) in [5.41, 5.74) is 5.36. The maximum Gasteiger partial charge on any atom is 0.0580 e. The van der Waals surface area contributed by atoms with Crippen LogP contribution in [0.25, 0.3) is 0 Å². The molecule has 1 unspecified atom stereocenters. The number of aliphatic hydroxyl groups is 1. The third-order valence-electron chi connectivity index (χ3n) is 1.92. The van der Waals surface area contributed by atoms with Gasteiger partial charge < -0.3 is 10.8 Å². The van der Waals surface area contributed by atoms with Crippen molar-refractivity contribution in [1.82, 2.24) is 0 Å². The van der Waals surface area contributed by atoms with Crippen molar-refractivity contribution in [2.75, 3.05) is 6.54 Å². The summed E-state index contributed by atoms with van der Waals surface area (Å²) >= 11 is 0. The molecule has 8 heavy (non-hydrogen) atoms. The van der Waals surface area contributed by atoms with Crippen LogP contribution in [-0.4, -0.2) is 17.8 Å². The van der Waals surface area contributed by atoms with E-state index < -0.39 is 0 Å². The van der Waals surface area contributed by atoms with Crippen LogP contribution in [-0.2, 0) is 0 Å². The van der Waals surface area contributed by atoms with Gasteiger partial charge in [-0.05, 0) is 25.3 Å². The smallest absolute Gasteiger partial charge is 0.0580 e. The van der Waals surface area contributed by atoms with Crippen LogP contribution < -0.4 is 5.73 Å². The summed E-state index contributed by atoms with van der Waals surface area (Å²) in [5.74, 6) is 0.398. The van der Waals surface area contributed by atoms with Gasteiger partial charge in [-0.1, -0.05) is 6.42 Å². The monoisotopic (exact) mass is 115 g/mol. The third-order valence-corrected chi connectivity index (χ3v) is 1.92. The Morgan fingerprint density at radius 1 is 1.50 bits per heavy atom. The zero-order chi connectivity index (χ0) is 5.98. The fourth-order valence-corrected chi connectivity index (χ4v) is 1.29. The molecular weight excluding hydrogens is 102 g/mol. The largest absolute Gasteiger partial charge is 0.393 e. The molecule has 0 amide bonds. The summed E-state index contributed by atoms with van der Waals surface area (Å²) in [6.45, 7) is 0.654. The molecule has 0 radical (unpaired) electrons. The van der Waals surface area contributed by atoms with E-state index in [-0.39, 0.29) is 6.10 Å². The van der Waals surface area contributed by atoms with Crippen LogP contribution in [0.3, 0.4) is 0 Å². The molecule has 0 aliphatic heterocycles. The molecule has 2 atom stereocenters. The lowest BCUT2D eigenvalue weighted by molar-refractivity contribution is 0.136. The third kappa shape index (κ3) is 1.01. The van der Waals surface area contributed by atoms with Crippen LogP contribution in [0.15, 0.2) is 0 Å². The van der Waals surface area contributed by atoms with Crippen LogP contribution in [0.1, 0.15) is 19.3 Å². The molecule has 2 nitrogen and oxygen atoms in total. The Morgan fingerprint density at radius 2 is 2.25 bits per heavy atom. The van der Waals surface area contributed by atoms with Crippen molar-refractivity contribution in [2.24, 2.45) is 11.7 Å². The molecule has 0 saturated heterocycles. The molecule has 0 aromatic rings. The predicted octanol–water partition coefficient (Wildman–Crippen LogP) is 0.106. The van der Waals surface area contributed by atoms with Gasteiger partial charge in [0.15, 0.2) is 0 Å². The SMILES string of the molecule is NC[C@@H]1CCCC1O. The van der Waals surface area contributed by atoms with Gasteiger partial charge in [0.25, 0.3) is 0 Å². The van der Waals surface area contributed by atoms with Gasteiger partial charge in [-0.2, -0.15) is 0 Å². The average Bonchev–Trinajstić information content (AvgIpc) is 2.14. The van der Waals surface area contributed by atoms with Gasteiger partial charge >= 0.3 is 0 Å². The van der Waals surface area contributed by atoms with E-state index in [1.165, 1.54) is 0 Å². The fourth-order valence-electron chi connectivity index (χ4n) is 1.29. The highest BCUT2D eigenvalue weighted by Crippen LogP contribution is 2.23. The molecule has 2 heteroatoms. The zero-order valence-electron chi connectivity index (χ0n) is 5.01. The van der Waals surface area contributed by atoms with Crippen molar-refractivity contribution in [3.63, 3.8) is 0 Å². The molecule has 1 fully saturated rings. The van der Waals surface area contributed by atoms with Crippen LogP contribution in [0.2, 0.25) is 0 Å². The Labute approximate surface area is 49.7 Å². The summed E-state index contributed by atoms with van der Waals surface area (Å²) in [7, 11) is 0. The van der Waals surface area contributed by atoms with E-state index in [4.69, 9.17) is 10.8 Å². The first-order valence-electron chi connectivity index (χ1n) is 3.22. The summed E-state index contributed by atoms with van der Waals surface area (Å²) in [6, 6.07) is 0. The van der Waals surface area contributed by atoms with Crippen molar-refractivity contribution in [3.05, 3.63) is 0 Å². The van der Waals surface area contributed by atoms with Gasteiger partial charge in [-0.25, -0.2) is 0 Å². The minimum Gasteiger partial charge on any atom is -0.393 e. The predicted molar refractivity (Wildman–Crippen MR) is 32.4 cm³/mol. The van der Waals surface area contributed by atoms with E-state index >= 15 is 0 Å². The maximum absolute atomic E-state index is 9.11. The van der Waals surface area contributed by atoms with Gasteiger partial charge in [0.2, 0.25) is 0 Å². The van der Waals surface area contributed by atoms with Crippen LogP contribution in [0.5, 0.6) is 0 Å². The van der Waals surface area contributed by atoms with Crippen molar-refractivity contribution in [1.29, 1.82) is 0 Å². The van der Waals surface area contributed by atoms with E-state index in [9.17, 15) is 0 Å². The molecule has 0 spiro atoms. The Bertz CT molecular complexity index is 74.9. The molecule has 0 aromatic carbocycles. The molecule has 1 aliphatic carbocycles. The van der Waals surface area contributed by atoms with E-state index in [0.717, 1.165) is 19.3 Å². The van der Waals surface area contributed by atoms with Gasteiger partial charge in [0, 0.05) is 0 Å². The first-order chi connectivity index (χ1) is 3.84. The van der Waals surface area contributed by atoms with E-state index in [2.05, 4.69) is 0 Å². The fraction of sp³-hybridized carbons (Fsp3) is 1.00. The number of aliphatic hydroxyl groups excluding tert-OH is 1. The molecule has 0 bridgehead atoms. The minimum atomic E-state index is -0.0972. The van der Waals surface area contributed by atoms with Crippen molar-refractivity contribution < 1.29 is 5.11 Å². The molecule has 3 N–H and O–H groups in total. The number of nitrogens with two attached hydrogens (primary N) is 1. The number of rotatable bonds is 1. The van der Waals surface area contributed by atoms with Gasteiger partial charge in [-0.3, -0.25) is 0 Å². The van der Waals surface area contributed by atoms with E-state index in [1.54, 1.807) is 0 Å². The first kappa shape index (κ1) is 6.05. The lowest BCUT2D eigenvalue weighted by Gasteiger charge is -2.09. The molecule has 1 rings (SSSR count). The highest BCUT2D eigenvalue weighted by atomic mass is 16.3. The Hall–Kier alpha value is -0.0800. The molecule has 0 aromatic heterocycles. The second kappa shape index (κ2) is 2.46. The first-order valence-corrected chi connectivity index (χ1v) is 3.22. The van der Waals surface area contributed by atoms with Crippen LogP contribution >= 0.6 is 0 Å². The minimum absolute atomic E-state index is 0.0972.